The van der Waals surface area contributed by atoms with E-state index in [0.29, 0.717) is 5.75 Å². The summed E-state index contributed by atoms with van der Waals surface area (Å²) in [5.74, 6) is 0.293. The topological polar surface area (TPSA) is 35.5 Å². The van der Waals surface area contributed by atoms with Crippen LogP contribution < -0.4 is 10.4 Å². The molecule has 2 rings (SSSR count). The minimum Gasteiger partial charge on any atom is -0.508 e. The van der Waals surface area contributed by atoms with Crippen LogP contribution in [0.15, 0.2) is 36.5 Å². The maximum absolute atomic E-state index is 9.04. The van der Waals surface area contributed by atoms with Gasteiger partial charge in [0.15, 0.2) is 0 Å². The Labute approximate surface area is 70.9 Å². The van der Waals surface area contributed by atoms with Gasteiger partial charge in [-0.15, -0.1) is 0 Å². The van der Waals surface area contributed by atoms with Crippen LogP contribution in [-0.4, -0.2) is 11.7 Å². The van der Waals surface area contributed by atoms with Gasteiger partial charge in [-0.05, 0) is 24.3 Å². The van der Waals surface area contributed by atoms with Gasteiger partial charge in [-0.1, -0.05) is 6.08 Å². The summed E-state index contributed by atoms with van der Waals surface area (Å²) in [6, 6.07) is 7.06. The maximum Gasteiger partial charge on any atom is 0.115 e. The first-order valence-corrected chi connectivity index (χ1v) is 3.85. The molecule has 0 saturated carbocycles. The largest absolute Gasteiger partial charge is 0.508 e. The number of nitrogens with zero attached hydrogens (tertiary/aromatic N) is 1. The summed E-state index contributed by atoms with van der Waals surface area (Å²) < 4.78 is 0. The number of rotatable bonds is 1. The van der Waals surface area contributed by atoms with Gasteiger partial charge < -0.3 is 5.11 Å². The fourth-order valence-corrected chi connectivity index (χ4v) is 1.15. The number of aromatic hydroxyl groups is 1. The molecule has 12 heavy (non-hydrogen) atoms. The van der Waals surface area contributed by atoms with Crippen LogP contribution in [0.3, 0.4) is 0 Å². The molecular weight excluding hydrogens is 152 g/mol. The minimum absolute atomic E-state index is 0.293. The zero-order chi connectivity index (χ0) is 8.39. The SMILES string of the molecule is Oc1ccc(N2C=CCN2)cc1. The van der Waals surface area contributed by atoms with Crippen LogP contribution in [0, 0.1) is 0 Å². The Bertz CT molecular complexity index is 292. The predicted octanol–water partition coefficient (Wildman–Crippen LogP) is 1.23. The highest BCUT2D eigenvalue weighted by molar-refractivity contribution is 5.51. The first-order valence-electron chi connectivity index (χ1n) is 3.85. The summed E-state index contributed by atoms with van der Waals surface area (Å²) >= 11 is 0. The molecule has 0 aliphatic carbocycles. The van der Waals surface area contributed by atoms with Crippen molar-refractivity contribution in [3.05, 3.63) is 36.5 Å². The number of hydrogen-bond donors (Lipinski definition) is 2. The quantitative estimate of drug-likeness (QED) is 0.652. The lowest BCUT2D eigenvalue weighted by atomic mass is 10.3. The monoisotopic (exact) mass is 162 g/mol. The summed E-state index contributed by atoms with van der Waals surface area (Å²) in [5, 5.41) is 11.0. The van der Waals surface area contributed by atoms with Crippen LogP contribution in [0.2, 0.25) is 0 Å². The molecule has 0 bridgehead atoms. The normalized spacial score (nSPS) is 15.5. The Hall–Kier alpha value is -1.48. The molecule has 2 N–H and O–H groups in total. The first kappa shape index (κ1) is 7.18. The number of hydrogen-bond acceptors (Lipinski definition) is 3. The zero-order valence-corrected chi connectivity index (χ0v) is 6.57. The second kappa shape index (κ2) is 2.87. The summed E-state index contributed by atoms with van der Waals surface area (Å²) in [7, 11) is 0. The summed E-state index contributed by atoms with van der Waals surface area (Å²) in [6.07, 6.45) is 4.00. The Morgan fingerprint density at radius 3 is 2.58 bits per heavy atom. The molecular formula is C9H10N2O. The Morgan fingerprint density at radius 2 is 2.00 bits per heavy atom. The van der Waals surface area contributed by atoms with E-state index in [1.54, 1.807) is 12.1 Å². The van der Waals surface area contributed by atoms with Crippen LogP contribution in [0.25, 0.3) is 0 Å². The number of phenolic OH excluding ortho intramolecular Hbond substituents is 1. The highest BCUT2D eigenvalue weighted by Gasteiger charge is 2.04. The van der Waals surface area contributed by atoms with Crippen LogP contribution in [0.1, 0.15) is 0 Å². The lowest BCUT2D eigenvalue weighted by Gasteiger charge is -2.15. The van der Waals surface area contributed by atoms with Crippen molar-refractivity contribution in [2.75, 3.05) is 11.6 Å². The minimum atomic E-state index is 0.293. The van der Waals surface area contributed by atoms with Gasteiger partial charge in [-0.25, -0.2) is 5.43 Å². The molecule has 1 heterocycles. The highest BCUT2D eigenvalue weighted by atomic mass is 16.3. The van der Waals surface area contributed by atoms with Gasteiger partial charge in [-0.3, -0.25) is 5.01 Å². The molecule has 1 aromatic carbocycles. The van der Waals surface area contributed by atoms with Gasteiger partial charge in [0.25, 0.3) is 0 Å². The van der Waals surface area contributed by atoms with Crippen LogP contribution in [-0.2, 0) is 0 Å². The van der Waals surface area contributed by atoms with Crippen molar-refractivity contribution in [1.29, 1.82) is 0 Å². The van der Waals surface area contributed by atoms with Crippen molar-refractivity contribution >= 4 is 5.69 Å². The molecule has 1 aliphatic rings. The third kappa shape index (κ3) is 1.26. The predicted molar refractivity (Wildman–Crippen MR) is 47.7 cm³/mol. The average Bonchev–Trinajstić information content (AvgIpc) is 2.58. The van der Waals surface area contributed by atoms with Crippen molar-refractivity contribution in [3.8, 4) is 5.75 Å². The van der Waals surface area contributed by atoms with Gasteiger partial charge >= 0.3 is 0 Å². The molecule has 1 aromatic rings. The third-order valence-corrected chi connectivity index (χ3v) is 1.76. The number of benzene rings is 1. The summed E-state index contributed by atoms with van der Waals surface area (Å²) in [4.78, 5) is 0. The van der Waals surface area contributed by atoms with Crippen LogP contribution >= 0.6 is 0 Å². The molecule has 0 spiro atoms. The van der Waals surface area contributed by atoms with Crippen LogP contribution in [0.5, 0.6) is 5.75 Å². The van der Waals surface area contributed by atoms with Crippen molar-refractivity contribution < 1.29 is 5.11 Å². The van der Waals surface area contributed by atoms with Crippen molar-refractivity contribution in [3.63, 3.8) is 0 Å². The fraction of sp³-hybridized carbons (Fsp3) is 0.111. The Balaban J connectivity index is 2.23. The van der Waals surface area contributed by atoms with E-state index in [-0.39, 0.29) is 0 Å². The molecule has 0 unspecified atom stereocenters. The molecule has 0 aromatic heterocycles. The Kier molecular flexibility index (Phi) is 1.72. The molecule has 3 heteroatoms. The van der Waals surface area contributed by atoms with Crippen molar-refractivity contribution in [1.82, 2.24) is 5.43 Å². The molecule has 62 valence electrons. The zero-order valence-electron chi connectivity index (χ0n) is 6.57. The molecule has 3 nitrogen and oxygen atoms in total. The lowest BCUT2D eigenvalue weighted by Crippen LogP contribution is -2.27. The van der Waals surface area contributed by atoms with E-state index in [1.165, 1.54) is 0 Å². The molecule has 1 aliphatic heterocycles. The first-order chi connectivity index (χ1) is 5.86. The second-order valence-corrected chi connectivity index (χ2v) is 2.63. The number of hydrazine groups is 1. The number of phenols is 1. The number of anilines is 1. The van der Waals surface area contributed by atoms with Gasteiger partial charge in [0.1, 0.15) is 5.75 Å². The molecule has 0 atom stereocenters. The van der Waals surface area contributed by atoms with Gasteiger partial charge in [-0.2, -0.15) is 0 Å². The molecule has 0 radical (unpaired) electrons. The van der Waals surface area contributed by atoms with Crippen molar-refractivity contribution in [2.45, 2.75) is 0 Å². The molecule has 0 saturated heterocycles. The smallest absolute Gasteiger partial charge is 0.115 e. The molecule has 0 amide bonds. The number of nitrogens with one attached hydrogen (secondary N) is 1. The van der Waals surface area contributed by atoms with Crippen molar-refractivity contribution in [2.24, 2.45) is 0 Å². The lowest BCUT2D eigenvalue weighted by molar-refractivity contribution is 0.475. The van der Waals surface area contributed by atoms with E-state index in [2.05, 4.69) is 5.43 Å². The fourth-order valence-electron chi connectivity index (χ4n) is 1.15. The third-order valence-electron chi connectivity index (χ3n) is 1.76. The molecule has 0 fully saturated rings. The van der Waals surface area contributed by atoms with Gasteiger partial charge in [0.05, 0.1) is 5.69 Å². The van der Waals surface area contributed by atoms with Crippen LogP contribution in [0.4, 0.5) is 5.69 Å². The highest BCUT2D eigenvalue weighted by Crippen LogP contribution is 2.18. The van der Waals surface area contributed by atoms with E-state index in [4.69, 9.17) is 5.11 Å². The summed E-state index contributed by atoms with van der Waals surface area (Å²) in [5.41, 5.74) is 4.16. The second-order valence-electron chi connectivity index (χ2n) is 2.63. The van der Waals surface area contributed by atoms with E-state index in [9.17, 15) is 0 Å². The average molecular weight is 162 g/mol. The van der Waals surface area contributed by atoms with E-state index in [0.717, 1.165) is 12.2 Å². The standard InChI is InChI=1S/C9H10N2O/c12-9-4-2-8(3-5-9)11-7-1-6-10-11/h1-5,7,10,12H,6H2. The summed E-state index contributed by atoms with van der Waals surface area (Å²) in [6.45, 7) is 0.862. The van der Waals surface area contributed by atoms with E-state index in [1.807, 2.05) is 29.4 Å². The van der Waals surface area contributed by atoms with E-state index >= 15 is 0 Å². The van der Waals surface area contributed by atoms with E-state index < -0.39 is 0 Å². The Morgan fingerprint density at radius 1 is 1.25 bits per heavy atom. The van der Waals surface area contributed by atoms with Gasteiger partial charge in [0.2, 0.25) is 0 Å². The van der Waals surface area contributed by atoms with Gasteiger partial charge in [0, 0.05) is 12.7 Å². The maximum atomic E-state index is 9.04.